The molecule has 0 unspecified atom stereocenters. The molecule has 3 aromatic carbocycles. The van der Waals surface area contributed by atoms with E-state index >= 15 is 0 Å². The van der Waals surface area contributed by atoms with E-state index in [2.05, 4.69) is 88.9 Å². The van der Waals surface area contributed by atoms with Crippen molar-refractivity contribution in [2.45, 2.75) is 65.2 Å². The molecule has 0 bridgehead atoms. The summed E-state index contributed by atoms with van der Waals surface area (Å²) in [5.74, 6) is 0. The lowest BCUT2D eigenvalue weighted by Crippen LogP contribution is -2.52. The van der Waals surface area contributed by atoms with Crippen molar-refractivity contribution in [1.82, 2.24) is 0 Å². The standard InChI is InChI=1S/C30H38N2O3Si/c1-29(2,3)32(35-36(7,8)30(4,5)6)28-19-17-27(18-20-28)31(25-13-9-23(21-33)10-14-25)26-15-11-24(22-34)12-16-26/h9-22H,1-8H3. The molecule has 0 aliphatic carbocycles. The van der Waals surface area contributed by atoms with E-state index in [1.807, 2.05) is 24.3 Å². The molecular weight excluding hydrogens is 464 g/mol. The van der Waals surface area contributed by atoms with Crippen molar-refractivity contribution in [2.24, 2.45) is 0 Å². The van der Waals surface area contributed by atoms with Crippen molar-refractivity contribution in [3.8, 4) is 0 Å². The summed E-state index contributed by atoms with van der Waals surface area (Å²) < 4.78 is 6.77. The van der Waals surface area contributed by atoms with Gasteiger partial charge in [0, 0.05) is 28.2 Å². The topological polar surface area (TPSA) is 49.9 Å². The van der Waals surface area contributed by atoms with E-state index in [9.17, 15) is 9.59 Å². The highest BCUT2D eigenvalue weighted by molar-refractivity contribution is 6.74. The van der Waals surface area contributed by atoms with E-state index in [0.29, 0.717) is 11.1 Å². The van der Waals surface area contributed by atoms with Crippen LogP contribution < -0.4 is 9.96 Å². The maximum Gasteiger partial charge on any atom is 0.228 e. The van der Waals surface area contributed by atoms with Crippen LogP contribution in [-0.2, 0) is 4.53 Å². The number of carbonyl (C=O) groups is 2. The second kappa shape index (κ2) is 10.4. The Labute approximate surface area is 216 Å². The Kier molecular flexibility index (Phi) is 7.91. The van der Waals surface area contributed by atoms with Gasteiger partial charge in [-0.05, 0) is 112 Å². The fraction of sp³-hybridized carbons (Fsp3) is 0.333. The maximum absolute atomic E-state index is 11.2. The van der Waals surface area contributed by atoms with E-state index in [4.69, 9.17) is 4.53 Å². The summed E-state index contributed by atoms with van der Waals surface area (Å²) in [6.45, 7) is 17.7. The van der Waals surface area contributed by atoms with E-state index in [0.717, 1.165) is 35.3 Å². The Bertz CT molecular complexity index is 1120. The van der Waals surface area contributed by atoms with E-state index in [-0.39, 0.29) is 10.6 Å². The highest BCUT2D eigenvalue weighted by atomic mass is 28.4. The van der Waals surface area contributed by atoms with Gasteiger partial charge in [-0.3, -0.25) is 14.7 Å². The average Bonchev–Trinajstić information content (AvgIpc) is 2.83. The van der Waals surface area contributed by atoms with Crippen LogP contribution in [0.1, 0.15) is 62.3 Å². The van der Waals surface area contributed by atoms with Crippen LogP contribution in [0.2, 0.25) is 18.1 Å². The quantitative estimate of drug-likeness (QED) is 0.176. The number of hydrogen-bond donors (Lipinski definition) is 0. The van der Waals surface area contributed by atoms with E-state index in [1.165, 1.54) is 0 Å². The molecule has 0 heterocycles. The van der Waals surface area contributed by atoms with Crippen molar-refractivity contribution < 1.29 is 14.1 Å². The van der Waals surface area contributed by atoms with Crippen LogP contribution in [0.4, 0.5) is 22.7 Å². The molecule has 0 atom stereocenters. The third kappa shape index (κ3) is 6.12. The number of nitrogens with zero attached hydrogens (tertiary/aromatic N) is 2. The number of aldehydes is 2. The molecule has 0 spiro atoms. The second-order valence-electron chi connectivity index (χ2n) is 11.6. The molecular formula is C30H38N2O3Si. The number of hydrogen-bond acceptors (Lipinski definition) is 5. The predicted molar refractivity (Wildman–Crippen MR) is 152 cm³/mol. The molecule has 3 aromatic rings. The first-order valence-electron chi connectivity index (χ1n) is 12.3. The number of anilines is 4. The highest BCUT2D eigenvalue weighted by Gasteiger charge is 2.42. The molecule has 0 saturated heterocycles. The lowest BCUT2D eigenvalue weighted by atomic mass is 10.1. The first kappa shape index (κ1) is 27.4. The van der Waals surface area contributed by atoms with Crippen LogP contribution in [0.3, 0.4) is 0 Å². The molecule has 3 rings (SSSR count). The molecule has 5 nitrogen and oxygen atoms in total. The van der Waals surface area contributed by atoms with Crippen molar-refractivity contribution in [1.29, 1.82) is 0 Å². The Hall–Kier alpha value is -3.22. The molecule has 190 valence electrons. The SMILES string of the molecule is CC(C)(C)N(O[Si](C)(C)C(C)(C)C)c1ccc(N(c2ccc(C=O)cc2)c2ccc(C=O)cc2)cc1. The Morgan fingerprint density at radius 3 is 1.25 bits per heavy atom. The monoisotopic (exact) mass is 502 g/mol. The van der Waals surface area contributed by atoms with Gasteiger partial charge in [0.25, 0.3) is 0 Å². The summed E-state index contributed by atoms with van der Waals surface area (Å²) >= 11 is 0. The lowest BCUT2D eigenvalue weighted by molar-refractivity contribution is 0.111. The van der Waals surface area contributed by atoms with Crippen LogP contribution in [0.5, 0.6) is 0 Å². The van der Waals surface area contributed by atoms with E-state index < -0.39 is 8.32 Å². The first-order valence-corrected chi connectivity index (χ1v) is 15.2. The average molecular weight is 503 g/mol. The summed E-state index contributed by atoms with van der Waals surface area (Å²) in [5.41, 5.74) is 4.78. The third-order valence-electron chi connectivity index (χ3n) is 6.65. The molecule has 6 heteroatoms. The van der Waals surface area contributed by atoms with Crippen LogP contribution in [0.25, 0.3) is 0 Å². The van der Waals surface area contributed by atoms with Crippen LogP contribution >= 0.6 is 0 Å². The summed E-state index contributed by atoms with van der Waals surface area (Å²) in [7, 11) is -2.06. The van der Waals surface area contributed by atoms with E-state index in [1.54, 1.807) is 24.3 Å². The van der Waals surface area contributed by atoms with Gasteiger partial charge in [-0.1, -0.05) is 20.8 Å². The maximum atomic E-state index is 11.2. The Balaban J connectivity index is 2.04. The van der Waals surface area contributed by atoms with Crippen molar-refractivity contribution in [3.05, 3.63) is 83.9 Å². The fourth-order valence-corrected chi connectivity index (χ4v) is 4.64. The van der Waals surface area contributed by atoms with Gasteiger partial charge in [-0.15, -0.1) is 0 Å². The molecule has 0 saturated carbocycles. The van der Waals surface area contributed by atoms with Gasteiger partial charge in [0.2, 0.25) is 8.32 Å². The molecule has 0 amide bonds. The van der Waals surface area contributed by atoms with Gasteiger partial charge in [0.1, 0.15) is 12.6 Å². The summed E-state index contributed by atoms with van der Waals surface area (Å²) in [5, 5.41) is 2.13. The molecule has 0 fully saturated rings. The molecule has 0 radical (unpaired) electrons. The zero-order valence-electron chi connectivity index (χ0n) is 22.7. The van der Waals surface area contributed by atoms with Gasteiger partial charge in [-0.2, -0.15) is 0 Å². The van der Waals surface area contributed by atoms with Gasteiger partial charge in [-0.25, -0.2) is 0 Å². The normalized spacial score (nSPS) is 12.2. The summed E-state index contributed by atoms with van der Waals surface area (Å²) in [6.07, 6.45) is 1.68. The van der Waals surface area contributed by atoms with Crippen LogP contribution in [0, 0.1) is 0 Å². The minimum Gasteiger partial charge on any atom is -0.319 e. The lowest BCUT2D eigenvalue weighted by Gasteiger charge is -2.45. The van der Waals surface area contributed by atoms with Gasteiger partial charge < -0.3 is 9.43 Å². The zero-order valence-corrected chi connectivity index (χ0v) is 23.7. The Morgan fingerprint density at radius 1 is 0.611 bits per heavy atom. The van der Waals surface area contributed by atoms with Crippen LogP contribution in [-0.4, -0.2) is 26.4 Å². The predicted octanol–water partition coefficient (Wildman–Crippen LogP) is 8.32. The number of carbonyl (C=O) groups excluding carboxylic acids is 2. The molecule has 0 aromatic heterocycles. The zero-order chi connectivity index (χ0) is 26.7. The van der Waals surface area contributed by atoms with Crippen LogP contribution in [0.15, 0.2) is 72.8 Å². The van der Waals surface area contributed by atoms with Crippen molar-refractivity contribution in [3.63, 3.8) is 0 Å². The summed E-state index contributed by atoms with van der Waals surface area (Å²) in [6, 6.07) is 23.2. The summed E-state index contributed by atoms with van der Waals surface area (Å²) in [4.78, 5) is 24.5. The number of hydroxylamine groups is 1. The fourth-order valence-electron chi connectivity index (χ4n) is 3.53. The molecule has 36 heavy (non-hydrogen) atoms. The Morgan fingerprint density at radius 2 is 0.944 bits per heavy atom. The largest absolute Gasteiger partial charge is 0.319 e. The molecule has 0 N–H and O–H groups in total. The van der Waals surface area contributed by atoms with Crippen molar-refractivity contribution >= 4 is 43.6 Å². The molecule has 0 aliphatic rings. The highest BCUT2D eigenvalue weighted by Crippen LogP contribution is 2.41. The third-order valence-corrected chi connectivity index (χ3v) is 10.9. The number of rotatable bonds is 8. The molecule has 0 aliphatic heterocycles. The second-order valence-corrected chi connectivity index (χ2v) is 16.3. The number of benzene rings is 3. The van der Waals surface area contributed by atoms with Gasteiger partial charge in [0.15, 0.2) is 0 Å². The van der Waals surface area contributed by atoms with Gasteiger partial charge in [0.05, 0.1) is 11.2 Å². The smallest absolute Gasteiger partial charge is 0.228 e. The first-order chi connectivity index (χ1) is 16.8. The minimum atomic E-state index is -2.06. The van der Waals surface area contributed by atoms with Crippen molar-refractivity contribution in [2.75, 3.05) is 9.96 Å². The van der Waals surface area contributed by atoms with Gasteiger partial charge >= 0.3 is 0 Å². The minimum absolute atomic E-state index is 0.0780.